The fourth-order valence-electron chi connectivity index (χ4n) is 2.65. The van der Waals surface area contributed by atoms with Crippen LogP contribution in [0.5, 0.6) is 0 Å². The Morgan fingerprint density at radius 1 is 1.30 bits per heavy atom. The van der Waals surface area contributed by atoms with Crippen molar-refractivity contribution in [2.75, 3.05) is 0 Å². The summed E-state index contributed by atoms with van der Waals surface area (Å²) >= 11 is 1.53. The molecule has 2 aromatic rings. The van der Waals surface area contributed by atoms with Gasteiger partial charge in [-0.05, 0) is 53.6 Å². The second kappa shape index (κ2) is 5.93. The predicted octanol–water partition coefficient (Wildman–Crippen LogP) is 2.99. The van der Waals surface area contributed by atoms with Gasteiger partial charge >= 0.3 is 0 Å². The highest BCUT2D eigenvalue weighted by atomic mass is 32.2. The van der Waals surface area contributed by atoms with Crippen LogP contribution in [0.25, 0.3) is 0 Å². The van der Waals surface area contributed by atoms with Crippen LogP contribution in [-0.2, 0) is 0 Å². The van der Waals surface area contributed by atoms with Crippen molar-refractivity contribution in [1.29, 1.82) is 0 Å². The summed E-state index contributed by atoms with van der Waals surface area (Å²) in [5, 5.41) is 22.8. The Morgan fingerprint density at radius 2 is 2.05 bits per heavy atom. The third-order valence-electron chi connectivity index (χ3n) is 3.70. The highest BCUT2D eigenvalue weighted by Gasteiger charge is 2.22. The maximum Gasteiger partial charge on any atom is 0.214 e. The molecule has 5 nitrogen and oxygen atoms in total. The number of nitrogens with zero attached hydrogens (tertiary/aromatic N) is 4. The first-order valence-electron chi connectivity index (χ1n) is 6.98. The maximum atomic E-state index is 9.84. The molecule has 0 amide bonds. The highest BCUT2D eigenvalue weighted by molar-refractivity contribution is 7.99. The van der Waals surface area contributed by atoms with Gasteiger partial charge in [-0.2, -0.15) is 0 Å². The standard InChI is InChI=1S/C14H18N4OS/c1-10(19)12-8-4-5-9-13(12)20-14-15-16-17-18(14)11-6-2-3-7-11/h4-5,8-11,19H,2-3,6-7H2,1H3/t10-/m0/s1. The normalized spacial score (nSPS) is 17.5. The van der Waals surface area contributed by atoms with Crippen molar-refractivity contribution >= 4 is 11.8 Å². The molecule has 1 fully saturated rings. The Labute approximate surface area is 122 Å². The zero-order valence-corrected chi connectivity index (χ0v) is 12.3. The minimum Gasteiger partial charge on any atom is -0.389 e. The average molecular weight is 290 g/mol. The van der Waals surface area contributed by atoms with E-state index in [-0.39, 0.29) is 0 Å². The van der Waals surface area contributed by atoms with Gasteiger partial charge in [0.15, 0.2) is 0 Å². The molecule has 1 N–H and O–H groups in total. The second-order valence-corrected chi connectivity index (χ2v) is 6.17. The molecular weight excluding hydrogens is 272 g/mol. The van der Waals surface area contributed by atoms with E-state index in [1.165, 1.54) is 24.6 Å². The number of rotatable bonds is 4. The lowest BCUT2D eigenvalue weighted by Crippen LogP contribution is -2.08. The first kappa shape index (κ1) is 13.6. The molecule has 1 heterocycles. The maximum absolute atomic E-state index is 9.84. The van der Waals surface area contributed by atoms with Crippen LogP contribution in [0, 0.1) is 0 Å². The Hall–Kier alpha value is -1.40. The fraction of sp³-hybridized carbons (Fsp3) is 0.500. The van der Waals surface area contributed by atoms with Crippen molar-refractivity contribution in [3.8, 4) is 0 Å². The van der Waals surface area contributed by atoms with E-state index >= 15 is 0 Å². The van der Waals surface area contributed by atoms with Crippen LogP contribution in [0.3, 0.4) is 0 Å². The molecule has 0 radical (unpaired) electrons. The van der Waals surface area contributed by atoms with Crippen molar-refractivity contribution in [1.82, 2.24) is 20.2 Å². The van der Waals surface area contributed by atoms with Crippen LogP contribution >= 0.6 is 11.8 Å². The monoisotopic (exact) mass is 290 g/mol. The summed E-state index contributed by atoms with van der Waals surface area (Å²) in [7, 11) is 0. The first-order chi connectivity index (χ1) is 9.75. The van der Waals surface area contributed by atoms with Crippen molar-refractivity contribution < 1.29 is 5.11 Å². The number of aromatic nitrogens is 4. The number of benzene rings is 1. The summed E-state index contributed by atoms with van der Waals surface area (Å²) in [4.78, 5) is 1.01. The van der Waals surface area contributed by atoms with Gasteiger partial charge < -0.3 is 5.11 Å². The molecule has 0 spiro atoms. The van der Waals surface area contributed by atoms with Crippen LogP contribution in [0.4, 0.5) is 0 Å². The molecule has 1 aliphatic carbocycles. The van der Waals surface area contributed by atoms with Gasteiger partial charge in [0.1, 0.15) is 0 Å². The minimum atomic E-state index is -0.491. The Balaban J connectivity index is 1.87. The Morgan fingerprint density at radius 3 is 2.80 bits per heavy atom. The van der Waals surface area contributed by atoms with E-state index in [0.29, 0.717) is 6.04 Å². The molecule has 1 saturated carbocycles. The van der Waals surface area contributed by atoms with Crippen LogP contribution < -0.4 is 0 Å². The van der Waals surface area contributed by atoms with Crippen molar-refractivity contribution in [2.24, 2.45) is 0 Å². The molecule has 6 heteroatoms. The van der Waals surface area contributed by atoms with E-state index in [4.69, 9.17) is 0 Å². The molecule has 106 valence electrons. The van der Waals surface area contributed by atoms with Gasteiger partial charge in [-0.1, -0.05) is 31.0 Å². The van der Waals surface area contributed by atoms with Crippen molar-refractivity contribution in [3.63, 3.8) is 0 Å². The van der Waals surface area contributed by atoms with E-state index in [0.717, 1.165) is 28.5 Å². The molecule has 20 heavy (non-hydrogen) atoms. The summed E-state index contributed by atoms with van der Waals surface area (Å²) < 4.78 is 1.94. The quantitative estimate of drug-likeness (QED) is 0.937. The first-order valence-corrected chi connectivity index (χ1v) is 7.80. The number of hydrogen-bond acceptors (Lipinski definition) is 5. The van der Waals surface area contributed by atoms with Gasteiger partial charge in [-0.3, -0.25) is 0 Å². The van der Waals surface area contributed by atoms with Gasteiger partial charge in [0.2, 0.25) is 5.16 Å². The molecule has 0 bridgehead atoms. The zero-order valence-electron chi connectivity index (χ0n) is 11.4. The lowest BCUT2D eigenvalue weighted by atomic mass is 10.1. The molecule has 1 aromatic carbocycles. The van der Waals surface area contributed by atoms with Gasteiger partial charge in [0, 0.05) is 4.90 Å². The van der Waals surface area contributed by atoms with Crippen LogP contribution in [0.15, 0.2) is 34.3 Å². The number of aliphatic hydroxyl groups excluding tert-OH is 1. The summed E-state index contributed by atoms with van der Waals surface area (Å²) in [5.74, 6) is 0. The third kappa shape index (κ3) is 2.71. The molecule has 1 aliphatic rings. The third-order valence-corrected chi connectivity index (χ3v) is 4.75. The Kier molecular flexibility index (Phi) is 4.03. The van der Waals surface area contributed by atoms with Gasteiger partial charge in [0.25, 0.3) is 0 Å². The number of tetrazole rings is 1. The van der Waals surface area contributed by atoms with Crippen LogP contribution in [0.1, 0.15) is 50.3 Å². The molecule has 0 aliphatic heterocycles. The van der Waals surface area contributed by atoms with Crippen LogP contribution in [0.2, 0.25) is 0 Å². The summed E-state index contributed by atoms with van der Waals surface area (Å²) in [5.41, 5.74) is 0.915. The van der Waals surface area contributed by atoms with E-state index < -0.39 is 6.10 Å². The lowest BCUT2D eigenvalue weighted by molar-refractivity contribution is 0.196. The molecule has 3 rings (SSSR count). The molecule has 1 atom stereocenters. The average Bonchev–Trinajstić information content (AvgIpc) is 3.09. The summed E-state index contributed by atoms with van der Waals surface area (Å²) in [6.45, 7) is 1.78. The number of aliphatic hydroxyl groups is 1. The highest BCUT2D eigenvalue weighted by Crippen LogP contribution is 2.36. The zero-order chi connectivity index (χ0) is 13.9. The Bertz CT molecular complexity index is 578. The van der Waals surface area contributed by atoms with E-state index in [2.05, 4.69) is 15.5 Å². The van der Waals surface area contributed by atoms with Gasteiger partial charge in [-0.25, -0.2) is 4.68 Å². The lowest BCUT2D eigenvalue weighted by Gasteiger charge is -2.13. The summed E-state index contributed by atoms with van der Waals surface area (Å²) in [6, 6.07) is 8.27. The van der Waals surface area contributed by atoms with Crippen LogP contribution in [-0.4, -0.2) is 25.3 Å². The van der Waals surface area contributed by atoms with E-state index in [1.54, 1.807) is 6.92 Å². The minimum absolute atomic E-state index is 0.422. The topological polar surface area (TPSA) is 63.8 Å². The molecular formula is C14H18N4OS. The van der Waals surface area contributed by atoms with Crippen molar-refractivity contribution in [3.05, 3.63) is 29.8 Å². The number of hydrogen-bond donors (Lipinski definition) is 1. The summed E-state index contributed by atoms with van der Waals surface area (Å²) in [6.07, 6.45) is 4.31. The second-order valence-electron chi connectivity index (χ2n) is 5.16. The van der Waals surface area contributed by atoms with E-state index in [1.807, 2.05) is 28.9 Å². The fourth-order valence-corrected chi connectivity index (χ4v) is 3.70. The molecule has 1 aromatic heterocycles. The SMILES string of the molecule is C[C@H](O)c1ccccc1Sc1nnnn1C1CCCC1. The molecule has 0 unspecified atom stereocenters. The predicted molar refractivity (Wildman–Crippen MR) is 76.5 cm³/mol. The molecule has 0 saturated heterocycles. The van der Waals surface area contributed by atoms with E-state index in [9.17, 15) is 5.11 Å². The largest absolute Gasteiger partial charge is 0.389 e. The van der Waals surface area contributed by atoms with Gasteiger partial charge in [0.05, 0.1) is 12.1 Å². The van der Waals surface area contributed by atoms with Crippen molar-refractivity contribution in [2.45, 2.75) is 54.8 Å². The van der Waals surface area contributed by atoms with Gasteiger partial charge in [-0.15, -0.1) is 5.10 Å². The smallest absolute Gasteiger partial charge is 0.214 e.